The van der Waals surface area contributed by atoms with E-state index in [0.29, 0.717) is 29.9 Å². The Morgan fingerprint density at radius 1 is 1.07 bits per heavy atom. The first-order chi connectivity index (χ1) is 19.6. The van der Waals surface area contributed by atoms with Crippen molar-refractivity contribution in [3.05, 3.63) is 65.0 Å². The Labute approximate surface area is 239 Å². The molecule has 2 heterocycles. The van der Waals surface area contributed by atoms with E-state index < -0.39 is 17.3 Å². The molecule has 220 valence electrons. The monoisotopic (exact) mass is 565 g/mol. The van der Waals surface area contributed by atoms with Crippen molar-refractivity contribution in [1.82, 2.24) is 19.9 Å². The number of fused-ring (bicyclic) bond motifs is 1. The minimum absolute atomic E-state index is 0.0490. The molecular weight excluding hydrogens is 525 g/mol. The van der Waals surface area contributed by atoms with Gasteiger partial charge in [-0.1, -0.05) is 6.07 Å². The number of imidazole rings is 1. The molecule has 2 aliphatic rings. The summed E-state index contributed by atoms with van der Waals surface area (Å²) in [6, 6.07) is 11.7. The van der Waals surface area contributed by atoms with Gasteiger partial charge in [0.15, 0.2) is 0 Å². The van der Waals surface area contributed by atoms with E-state index >= 15 is 0 Å². The lowest BCUT2D eigenvalue weighted by molar-refractivity contribution is -0.136. The van der Waals surface area contributed by atoms with Gasteiger partial charge in [0.05, 0.1) is 23.7 Å². The van der Waals surface area contributed by atoms with Crippen molar-refractivity contribution in [2.75, 3.05) is 20.2 Å². The van der Waals surface area contributed by atoms with Crippen LogP contribution in [0.2, 0.25) is 0 Å². The third-order valence-corrected chi connectivity index (χ3v) is 8.72. The molecule has 0 spiro atoms. The van der Waals surface area contributed by atoms with Crippen LogP contribution in [-0.4, -0.2) is 57.2 Å². The van der Waals surface area contributed by atoms with Crippen LogP contribution in [-0.2, 0) is 16.2 Å². The molecular formula is C31H40FN5O4. The van der Waals surface area contributed by atoms with Crippen molar-refractivity contribution in [3.8, 4) is 0 Å². The van der Waals surface area contributed by atoms with E-state index in [4.69, 9.17) is 4.84 Å². The summed E-state index contributed by atoms with van der Waals surface area (Å²) in [5.41, 5.74) is 5.55. The van der Waals surface area contributed by atoms with Gasteiger partial charge in [-0.25, -0.2) is 9.87 Å². The lowest BCUT2D eigenvalue weighted by Crippen LogP contribution is -2.41. The maximum atomic E-state index is 13.4. The number of aromatic amines is 1. The SMILES string of the molecule is CONC(=O)[C@H]1CC[C@@H](n2/c(=N/C(=O)c3ccc(F)cc3)[nH]c3ccc(CN4CCC(C(C)(C)O)CC4)cc32)CC1. The standard InChI is InChI=1S/C31H40FN5O4/c1-31(2,40)23-14-16-36(17-15-23)19-20-4-13-26-27(18-20)37(25-11-7-22(8-12-25)29(39)35-41-3)30(33-26)34-28(38)21-5-9-24(32)10-6-21/h4-6,9-10,13,18,22-23,25,40H,7-8,11-12,14-17,19H2,1-3H3,(H,35,39)(H,33,34,38)/t22-,25+. The van der Waals surface area contributed by atoms with E-state index in [2.05, 4.69) is 37.1 Å². The number of carbonyl (C=O) groups is 2. The van der Waals surface area contributed by atoms with Gasteiger partial charge in [-0.2, -0.15) is 4.99 Å². The molecule has 2 aromatic carbocycles. The number of hydrogen-bond acceptors (Lipinski definition) is 5. The molecule has 41 heavy (non-hydrogen) atoms. The quantitative estimate of drug-likeness (QED) is 0.371. The minimum Gasteiger partial charge on any atom is -0.390 e. The highest BCUT2D eigenvalue weighted by Crippen LogP contribution is 2.34. The summed E-state index contributed by atoms with van der Waals surface area (Å²) in [4.78, 5) is 40.4. The number of aliphatic hydroxyl groups is 1. The van der Waals surface area contributed by atoms with Gasteiger partial charge in [-0.15, -0.1) is 0 Å². The van der Waals surface area contributed by atoms with Crippen molar-refractivity contribution < 1.29 is 23.9 Å². The average Bonchev–Trinajstić information content (AvgIpc) is 3.30. The molecule has 2 fully saturated rings. The first kappa shape index (κ1) is 29.2. The second kappa shape index (κ2) is 12.3. The van der Waals surface area contributed by atoms with Gasteiger partial charge in [0.25, 0.3) is 5.91 Å². The van der Waals surface area contributed by atoms with Crippen LogP contribution in [0.4, 0.5) is 4.39 Å². The van der Waals surface area contributed by atoms with Crippen molar-refractivity contribution in [2.24, 2.45) is 16.8 Å². The number of halogens is 1. The molecule has 0 unspecified atom stereocenters. The van der Waals surface area contributed by atoms with E-state index in [9.17, 15) is 19.1 Å². The number of nitrogens with zero attached hydrogens (tertiary/aromatic N) is 3. The van der Waals surface area contributed by atoms with Gasteiger partial charge in [0, 0.05) is 24.1 Å². The topological polar surface area (TPSA) is 112 Å². The van der Waals surface area contributed by atoms with Crippen molar-refractivity contribution in [1.29, 1.82) is 0 Å². The number of likely N-dealkylation sites (tertiary alicyclic amines) is 1. The van der Waals surface area contributed by atoms with Crippen LogP contribution in [0.1, 0.15) is 74.3 Å². The minimum atomic E-state index is -0.657. The van der Waals surface area contributed by atoms with Gasteiger partial charge in [0.2, 0.25) is 11.5 Å². The largest absolute Gasteiger partial charge is 0.390 e. The summed E-state index contributed by atoms with van der Waals surface area (Å²) in [5, 5.41) is 10.4. The number of H-pyrrole nitrogens is 1. The Kier molecular flexibility index (Phi) is 8.72. The summed E-state index contributed by atoms with van der Waals surface area (Å²) in [5.74, 6) is -0.791. The Balaban J connectivity index is 1.44. The molecule has 0 atom stereocenters. The molecule has 2 amide bonds. The van der Waals surface area contributed by atoms with E-state index in [-0.39, 0.29) is 17.9 Å². The summed E-state index contributed by atoms with van der Waals surface area (Å²) in [7, 11) is 1.43. The van der Waals surface area contributed by atoms with Gasteiger partial charge < -0.3 is 14.7 Å². The zero-order valence-electron chi connectivity index (χ0n) is 24.0. The van der Waals surface area contributed by atoms with Crippen LogP contribution in [0, 0.1) is 17.7 Å². The number of carbonyl (C=O) groups excluding carboxylic acids is 2. The summed E-state index contributed by atoms with van der Waals surface area (Å²) in [6.45, 7) is 6.45. The molecule has 5 rings (SSSR count). The molecule has 1 aliphatic carbocycles. The van der Waals surface area contributed by atoms with E-state index in [1.54, 1.807) is 0 Å². The highest BCUT2D eigenvalue weighted by Gasteiger charge is 2.31. The van der Waals surface area contributed by atoms with Gasteiger partial charge in [0.1, 0.15) is 5.82 Å². The van der Waals surface area contributed by atoms with Crippen LogP contribution in [0.5, 0.6) is 0 Å². The predicted molar refractivity (Wildman–Crippen MR) is 153 cm³/mol. The fourth-order valence-corrected chi connectivity index (χ4v) is 6.32. The molecule has 3 aromatic rings. The third-order valence-electron chi connectivity index (χ3n) is 8.72. The van der Waals surface area contributed by atoms with Gasteiger partial charge in [-0.05, 0) is 113 Å². The van der Waals surface area contributed by atoms with E-state index in [1.165, 1.54) is 31.4 Å². The Morgan fingerprint density at radius 2 is 1.76 bits per heavy atom. The summed E-state index contributed by atoms with van der Waals surface area (Å²) < 4.78 is 15.5. The number of rotatable bonds is 7. The molecule has 1 aromatic heterocycles. The molecule has 10 heteroatoms. The molecule has 3 N–H and O–H groups in total. The van der Waals surface area contributed by atoms with Gasteiger partial charge >= 0.3 is 0 Å². The molecule has 1 saturated carbocycles. The average molecular weight is 566 g/mol. The molecule has 0 radical (unpaired) electrons. The number of nitrogens with one attached hydrogen (secondary N) is 2. The second-order valence-electron chi connectivity index (χ2n) is 12.0. The molecule has 1 saturated heterocycles. The fourth-order valence-electron chi connectivity index (χ4n) is 6.32. The predicted octanol–water partition coefficient (Wildman–Crippen LogP) is 4.24. The molecule has 9 nitrogen and oxygen atoms in total. The number of piperidine rings is 1. The third kappa shape index (κ3) is 6.77. The smallest absolute Gasteiger partial charge is 0.280 e. The number of hydrogen-bond donors (Lipinski definition) is 3. The maximum absolute atomic E-state index is 13.4. The van der Waals surface area contributed by atoms with Crippen LogP contribution in [0.25, 0.3) is 11.0 Å². The lowest BCUT2D eigenvalue weighted by Gasteiger charge is -2.37. The van der Waals surface area contributed by atoms with Crippen molar-refractivity contribution in [3.63, 3.8) is 0 Å². The summed E-state index contributed by atoms with van der Waals surface area (Å²) >= 11 is 0. The van der Waals surface area contributed by atoms with E-state index in [0.717, 1.165) is 61.9 Å². The van der Waals surface area contributed by atoms with E-state index in [1.807, 2.05) is 19.9 Å². The van der Waals surface area contributed by atoms with Crippen LogP contribution >= 0.6 is 0 Å². The van der Waals surface area contributed by atoms with Crippen LogP contribution in [0.15, 0.2) is 47.5 Å². The first-order valence-corrected chi connectivity index (χ1v) is 14.5. The molecule has 0 bridgehead atoms. The van der Waals surface area contributed by atoms with Crippen LogP contribution < -0.4 is 11.1 Å². The van der Waals surface area contributed by atoms with Crippen molar-refractivity contribution in [2.45, 2.75) is 70.6 Å². The Hall–Kier alpha value is -3.34. The van der Waals surface area contributed by atoms with Crippen molar-refractivity contribution >= 4 is 22.8 Å². The number of amides is 2. The summed E-state index contributed by atoms with van der Waals surface area (Å²) in [6.07, 6.45) is 4.82. The zero-order chi connectivity index (χ0) is 29.1. The second-order valence-corrected chi connectivity index (χ2v) is 12.0. The van der Waals surface area contributed by atoms with Crippen LogP contribution in [0.3, 0.4) is 0 Å². The lowest BCUT2D eigenvalue weighted by atomic mass is 9.83. The number of aromatic nitrogens is 2. The number of hydroxylamine groups is 1. The van der Waals surface area contributed by atoms with Gasteiger partial charge in [-0.3, -0.25) is 19.3 Å². The zero-order valence-corrected chi connectivity index (χ0v) is 24.0. The number of benzene rings is 2. The first-order valence-electron chi connectivity index (χ1n) is 14.5. The normalized spacial score (nSPS) is 21.3. The molecule has 1 aliphatic heterocycles. The Bertz CT molecular complexity index is 1440. The maximum Gasteiger partial charge on any atom is 0.280 e. The highest BCUT2D eigenvalue weighted by molar-refractivity contribution is 5.95. The Morgan fingerprint density at radius 3 is 2.39 bits per heavy atom. The highest BCUT2D eigenvalue weighted by atomic mass is 19.1. The fraction of sp³-hybridized carbons (Fsp3) is 0.516.